The highest BCUT2D eigenvalue weighted by atomic mass is 16.5. The molecule has 3 aromatic rings. The van der Waals surface area contributed by atoms with Crippen LogP contribution in [-0.2, 0) is 0 Å². The van der Waals surface area contributed by atoms with Crippen molar-refractivity contribution in [1.29, 1.82) is 0 Å². The van der Waals surface area contributed by atoms with Crippen LogP contribution in [0.5, 0.6) is 5.75 Å². The fourth-order valence-electron chi connectivity index (χ4n) is 1.94. The van der Waals surface area contributed by atoms with Gasteiger partial charge in [-0.3, -0.25) is 0 Å². The van der Waals surface area contributed by atoms with E-state index in [1.54, 1.807) is 24.3 Å². The summed E-state index contributed by atoms with van der Waals surface area (Å²) < 4.78 is 5.45. The predicted octanol–water partition coefficient (Wildman–Crippen LogP) is 3.86. The average molecular weight is 247 g/mol. The summed E-state index contributed by atoms with van der Waals surface area (Å²) in [5, 5.41) is 1.81. The van der Waals surface area contributed by atoms with Gasteiger partial charge in [0.15, 0.2) is 0 Å². The van der Waals surface area contributed by atoms with E-state index in [2.05, 4.69) is 6.07 Å². The Morgan fingerprint density at radius 3 is 2.47 bits per heavy atom. The second-order valence-corrected chi connectivity index (χ2v) is 4.14. The van der Waals surface area contributed by atoms with Crippen LogP contribution in [0, 0.1) is 6.07 Å². The van der Waals surface area contributed by atoms with E-state index in [0.29, 0.717) is 11.3 Å². The molecule has 0 atom stereocenters. The third kappa shape index (κ3) is 2.33. The van der Waals surface area contributed by atoms with Crippen LogP contribution in [0.15, 0.2) is 66.7 Å². The Hall–Kier alpha value is -2.61. The van der Waals surface area contributed by atoms with Gasteiger partial charge < -0.3 is 4.74 Å². The number of hydrogen-bond acceptors (Lipinski definition) is 2. The summed E-state index contributed by atoms with van der Waals surface area (Å²) in [4.78, 5) is 12.0. The molecule has 0 aliphatic carbocycles. The van der Waals surface area contributed by atoms with Crippen molar-refractivity contribution in [2.75, 3.05) is 0 Å². The first-order chi connectivity index (χ1) is 9.34. The maximum atomic E-state index is 12.0. The number of rotatable bonds is 2. The fraction of sp³-hybridized carbons (Fsp3) is 0. The molecule has 0 aromatic heterocycles. The van der Waals surface area contributed by atoms with E-state index in [4.69, 9.17) is 4.74 Å². The second-order valence-electron chi connectivity index (χ2n) is 4.14. The van der Waals surface area contributed by atoms with Gasteiger partial charge >= 0.3 is 5.97 Å². The lowest BCUT2D eigenvalue weighted by molar-refractivity contribution is 0.0737. The van der Waals surface area contributed by atoms with Gasteiger partial charge in [-0.25, -0.2) is 4.79 Å². The molecule has 0 aliphatic rings. The molecule has 91 valence electrons. The zero-order valence-corrected chi connectivity index (χ0v) is 10.2. The summed E-state index contributed by atoms with van der Waals surface area (Å²) in [6.07, 6.45) is 0. The summed E-state index contributed by atoms with van der Waals surface area (Å²) in [6, 6.07) is 23.3. The molecule has 0 heterocycles. The maximum absolute atomic E-state index is 12.0. The molecule has 3 rings (SSSR count). The van der Waals surface area contributed by atoms with E-state index in [-0.39, 0.29) is 5.97 Å². The van der Waals surface area contributed by atoms with Gasteiger partial charge in [-0.1, -0.05) is 48.5 Å². The number of benzene rings is 3. The molecular formula is C17H11O2. The zero-order valence-electron chi connectivity index (χ0n) is 10.2. The van der Waals surface area contributed by atoms with Crippen LogP contribution in [0.4, 0.5) is 0 Å². The average Bonchev–Trinajstić information content (AvgIpc) is 2.48. The molecule has 2 nitrogen and oxygen atoms in total. The molecule has 0 bridgehead atoms. The Kier molecular flexibility index (Phi) is 2.99. The number of hydrogen-bond donors (Lipinski definition) is 0. The van der Waals surface area contributed by atoms with E-state index in [1.807, 2.05) is 42.5 Å². The minimum Gasteiger partial charge on any atom is -0.422 e. The summed E-state index contributed by atoms with van der Waals surface area (Å²) in [6.45, 7) is 0. The van der Waals surface area contributed by atoms with Crippen LogP contribution in [0.25, 0.3) is 10.8 Å². The first kappa shape index (κ1) is 11.5. The standard InChI is InChI=1S/C17H11O2/c18-17(14-8-2-1-3-9-14)19-16-12-6-10-13-7-4-5-11-15(13)16/h1-9,11-12H. The van der Waals surface area contributed by atoms with Crippen molar-refractivity contribution >= 4 is 16.7 Å². The normalized spacial score (nSPS) is 10.3. The van der Waals surface area contributed by atoms with Gasteiger partial charge in [0.2, 0.25) is 0 Å². The van der Waals surface area contributed by atoms with Crippen molar-refractivity contribution in [3.05, 3.63) is 78.4 Å². The molecule has 0 saturated heterocycles. The predicted molar refractivity (Wildman–Crippen MR) is 74.2 cm³/mol. The highest BCUT2D eigenvalue weighted by Gasteiger charge is 2.09. The van der Waals surface area contributed by atoms with E-state index < -0.39 is 0 Å². The summed E-state index contributed by atoms with van der Waals surface area (Å²) in [7, 11) is 0. The van der Waals surface area contributed by atoms with Crippen LogP contribution in [-0.4, -0.2) is 5.97 Å². The van der Waals surface area contributed by atoms with E-state index in [0.717, 1.165) is 10.8 Å². The largest absolute Gasteiger partial charge is 0.422 e. The Morgan fingerprint density at radius 1 is 0.895 bits per heavy atom. The molecule has 3 aromatic carbocycles. The van der Waals surface area contributed by atoms with Crippen LogP contribution in [0.2, 0.25) is 0 Å². The number of esters is 1. The van der Waals surface area contributed by atoms with E-state index >= 15 is 0 Å². The molecule has 0 saturated carbocycles. The minimum absolute atomic E-state index is 0.350. The zero-order chi connectivity index (χ0) is 13.1. The van der Waals surface area contributed by atoms with Gasteiger partial charge in [-0.2, -0.15) is 0 Å². The van der Waals surface area contributed by atoms with Gasteiger partial charge in [0.1, 0.15) is 5.75 Å². The Bertz CT molecular complexity index is 712. The van der Waals surface area contributed by atoms with Crippen molar-refractivity contribution in [3.8, 4) is 5.75 Å². The third-order valence-corrected chi connectivity index (χ3v) is 2.88. The number of fused-ring (bicyclic) bond motifs is 1. The van der Waals surface area contributed by atoms with Crippen LogP contribution < -0.4 is 4.74 Å². The SMILES string of the molecule is O=C(Oc1cc[c]c2ccccc12)c1ccccc1. The van der Waals surface area contributed by atoms with Gasteiger partial charge in [0.25, 0.3) is 0 Å². The highest BCUT2D eigenvalue weighted by Crippen LogP contribution is 2.25. The van der Waals surface area contributed by atoms with Crippen LogP contribution in [0.1, 0.15) is 10.4 Å². The smallest absolute Gasteiger partial charge is 0.343 e. The molecule has 19 heavy (non-hydrogen) atoms. The van der Waals surface area contributed by atoms with Crippen molar-refractivity contribution in [2.24, 2.45) is 0 Å². The first-order valence-corrected chi connectivity index (χ1v) is 6.01. The van der Waals surface area contributed by atoms with Crippen molar-refractivity contribution in [1.82, 2.24) is 0 Å². The Labute approximate surface area is 111 Å². The Balaban J connectivity index is 1.96. The molecule has 0 amide bonds. The van der Waals surface area contributed by atoms with Crippen LogP contribution in [0.3, 0.4) is 0 Å². The molecule has 0 fully saturated rings. The Morgan fingerprint density at radius 2 is 1.63 bits per heavy atom. The summed E-state index contributed by atoms with van der Waals surface area (Å²) >= 11 is 0. The number of ether oxygens (including phenoxy) is 1. The molecule has 0 unspecified atom stereocenters. The molecule has 0 aliphatic heterocycles. The lowest BCUT2D eigenvalue weighted by atomic mass is 10.1. The molecule has 0 N–H and O–H groups in total. The van der Waals surface area contributed by atoms with Crippen LogP contribution >= 0.6 is 0 Å². The highest BCUT2D eigenvalue weighted by molar-refractivity contribution is 5.95. The maximum Gasteiger partial charge on any atom is 0.343 e. The quantitative estimate of drug-likeness (QED) is 0.507. The first-order valence-electron chi connectivity index (χ1n) is 6.01. The third-order valence-electron chi connectivity index (χ3n) is 2.88. The van der Waals surface area contributed by atoms with E-state index in [1.165, 1.54) is 0 Å². The summed E-state index contributed by atoms with van der Waals surface area (Å²) in [5.74, 6) is 0.208. The number of carbonyl (C=O) groups is 1. The van der Waals surface area contributed by atoms with Gasteiger partial charge in [0.05, 0.1) is 5.56 Å². The lowest BCUT2D eigenvalue weighted by Gasteiger charge is -2.07. The minimum atomic E-state index is -0.350. The van der Waals surface area contributed by atoms with Gasteiger partial charge in [-0.05, 0) is 29.7 Å². The van der Waals surface area contributed by atoms with Crippen molar-refractivity contribution in [2.45, 2.75) is 0 Å². The van der Waals surface area contributed by atoms with Crippen molar-refractivity contribution in [3.63, 3.8) is 0 Å². The molecular weight excluding hydrogens is 236 g/mol. The second kappa shape index (κ2) is 4.94. The lowest BCUT2D eigenvalue weighted by Crippen LogP contribution is -2.08. The van der Waals surface area contributed by atoms with Gasteiger partial charge in [0, 0.05) is 5.39 Å². The topological polar surface area (TPSA) is 26.3 Å². The molecule has 0 spiro atoms. The van der Waals surface area contributed by atoms with Crippen molar-refractivity contribution < 1.29 is 9.53 Å². The number of carbonyl (C=O) groups excluding carboxylic acids is 1. The fourth-order valence-corrected chi connectivity index (χ4v) is 1.94. The monoisotopic (exact) mass is 247 g/mol. The van der Waals surface area contributed by atoms with Gasteiger partial charge in [-0.15, -0.1) is 0 Å². The van der Waals surface area contributed by atoms with E-state index in [9.17, 15) is 4.79 Å². The molecule has 1 radical (unpaired) electrons. The summed E-state index contributed by atoms with van der Waals surface area (Å²) in [5.41, 5.74) is 0.541. The molecule has 2 heteroatoms.